The van der Waals surface area contributed by atoms with Gasteiger partial charge in [-0.3, -0.25) is 4.21 Å². The van der Waals surface area contributed by atoms with Gasteiger partial charge in [-0.15, -0.1) is 11.3 Å². The highest BCUT2D eigenvalue weighted by atomic mass is 32.2. The molecule has 0 spiro atoms. The van der Waals surface area contributed by atoms with Crippen LogP contribution in [0.25, 0.3) is 0 Å². The first-order valence-corrected chi connectivity index (χ1v) is 9.22. The van der Waals surface area contributed by atoms with Crippen molar-refractivity contribution >= 4 is 28.2 Å². The van der Waals surface area contributed by atoms with Crippen LogP contribution in [0.5, 0.6) is 0 Å². The maximum atomic E-state index is 12.0. The molecule has 1 N–H and O–H groups in total. The van der Waals surface area contributed by atoms with E-state index in [1.807, 2.05) is 36.6 Å². The average Bonchev–Trinajstić information content (AvgIpc) is 2.91. The molecule has 0 saturated heterocycles. The molecule has 1 aromatic carbocycles. The van der Waals surface area contributed by atoms with Crippen molar-refractivity contribution in [2.24, 2.45) is 0 Å². The maximum Gasteiger partial charge on any atom is 0.317 e. The van der Waals surface area contributed by atoms with Gasteiger partial charge in [0.25, 0.3) is 0 Å². The topological polar surface area (TPSA) is 62.3 Å². The molecule has 2 aromatic rings. The minimum atomic E-state index is -0.980. The highest BCUT2D eigenvalue weighted by molar-refractivity contribution is 7.84. The van der Waals surface area contributed by atoms with Gasteiger partial charge in [0.1, 0.15) is 5.01 Å². The number of hydrogen-bond donors (Lipinski definition) is 1. The highest BCUT2D eigenvalue weighted by Gasteiger charge is 2.10. The molecule has 1 heterocycles. The van der Waals surface area contributed by atoms with E-state index in [9.17, 15) is 9.00 Å². The Kier molecular flexibility index (Phi) is 5.68. The third kappa shape index (κ3) is 4.64. The number of rotatable bonds is 5. The molecule has 0 aliphatic heterocycles. The highest BCUT2D eigenvalue weighted by Crippen LogP contribution is 2.10. The van der Waals surface area contributed by atoms with E-state index in [1.54, 1.807) is 18.2 Å². The third-order valence-corrected chi connectivity index (χ3v) is 4.98. The van der Waals surface area contributed by atoms with E-state index in [0.29, 0.717) is 13.1 Å². The van der Waals surface area contributed by atoms with Gasteiger partial charge in [0.05, 0.1) is 6.54 Å². The zero-order chi connectivity index (χ0) is 16.1. The number of aryl methyl sites for hydroxylation is 1. The number of thiazole rings is 1. The van der Waals surface area contributed by atoms with Crippen LogP contribution in [0.15, 0.2) is 34.5 Å². The SMILES string of the molecule is Cc1csc(CNC(=O)N(C)Cc2ccc([S@@](C)=O)cc2)n1. The predicted octanol–water partition coefficient (Wildman–Crippen LogP) is 2.53. The summed E-state index contributed by atoms with van der Waals surface area (Å²) in [5.74, 6) is 0. The summed E-state index contributed by atoms with van der Waals surface area (Å²) in [6.07, 6.45) is 1.65. The second-order valence-corrected chi connectivity index (χ2v) is 7.32. The van der Waals surface area contributed by atoms with E-state index in [1.165, 1.54) is 11.3 Å². The molecule has 118 valence electrons. The smallest absolute Gasteiger partial charge is 0.317 e. The van der Waals surface area contributed by atoms with Crippen LogP contribution in [0.4, 0.5) is 4.79 Å². The molecular formula is C15H19N3O2S2. The molecule has 7 heteroatoms. The molecule has 0 bridgehead atoms. The standard InChI is InChI=1S/C15H19N3O2S2/c1-11-10-21-14(17-11)8-16-15(19)18(2)9-12-4-6-13(7-5-12)22(3)20/h4-7,10H,8-9H2,1-3H3,(H,16,19)/t22-/m1/s1. The van der Waals surface area contributed by atoms with Gasteiger partial charge in [0.2, 0.25) is 0 Å². The summed E-state index contributed by atoms with van der Waals surface area (Å²) in [5.41, 5.74) is 1.97. The first-order chi connectivity index (χ1) is 10.5. The molecule has 0 aliphatic rings. The monoisotopic (exact) mass is 337 g/mol. The number of nitrogens with zero attached hydrogens (tertiary/aromatic N) is 2. The molecule has 1 atom stereocenters. The number of urea groups is 1. The summed E-state index contributed by atoms with van der Waals surface area (Å²) < 4.78 is 11.3. The lowest BCUT2D eigenvalue weighted by Gasteiger charge is -2.17. The van der Waals surface area contributed by atoms with Crippen molar-refractivity contribution < 1.29 is 9.00 Å². The molecule has 2 rings (SSSR count). The summed E-state index contributed by atoms with van der Waals surface area (Å²) in [7, 11) is 0.765. The fourth-order valence-corrected chi connectivity index (χ4v) is 3.13. The van der Waals surface area contributed by atoms with Gasteiger partial charge in [-0.05, 0) is 24.6 Å². The van der Waals surface area contributed by atoms with Gasteiger partial charge in [-0.25, -0.2) is 9.78 Å². The Balaban J connectivity index is 1.86. The van der Waals surface area contributed by atoms with Crippen LogP contribution in [-0.2, 0) is 23.9 Å². The molecule has 2 amide bonds. The second-order valence-electron chi connectivity index (χ2n) is 5.00. The van der Waals surface area contributed by atoms with E-state index in [0.717, 1.165) is 21.2 Å². The Morgan fingerprint density at radius 1 is 1.36 bits per heavy atom. The van der Waals surface area contributed by atoms with Gasteiger partial charge < -0.3 is 10.2 Å². The Morgan fingerprint density at radius 3 is 2.59 bits per heavy atom. The van der Waals surface area contributed by atoms with Crippen LogP contribution in [0.1, 0.15) is 16.3 Å². The second kappa shape index (κ2) is 7.51. The Morgan fingerprint density at radius 2 is 2.05 bits per heavy atom. The zero-order valence-corrected chi connectivity index (χ0v) is 14.5. The normalized spacial score (nSPS) is 12.0. The molecule has 0 aliphatic carbocycles. The van der Waals surface area contributed by atoms with Crippen LogP contribution in [0.3, 0.4) is 0 Å². The summed E-state index contributed by atoms with van der Waals surface area (Å²) in [4.78, 5) is 18.8. The van der Waals surface area contributed by atoms with E-state index in [-0.39, 0.29) is 6.03 Å². The van der Waals surface area contributed by atoms with Crippen LogP contribution < -0.4 is 5.32 Å². The Bertz CT molecular complexity index is 668. The Hall–Kier alpha value is -1.73. The summed E-state index contributed by atoms with van der Waals surface area (Å²) in [5, 5.41) is 5.71. The van der Waals surface area contributed by atoms with Gasteiger partial charge >= 0.3 is 6.03 Å². The molecule has 0 fully saturated rings. The van der Waals surface area contributed by atoms with Crippen LogP contribution in [-0.4, -0.2) is 33.4 Å². The maximum absolute atomic E-state index is 12.0. The third-order valence-electron chi connectivity index (χ3n) is 3.08. The molecule has 1 aromatic heterocycles. The largest absolute Gasteiger partial charge is 0.331 e. The number of nitrogens with one attached hydrogen (secondary N) is 1. The van der Waals surface area contributed by atoms with Crippen molar-refractivity contribution in [1.82, 2.24) is 15.2 Å². The van der Waals surface area contributed by atoms with Crippen LogP contribution in [0, 0.1) is 6.92 Å². The number of carbonyl (C=O) groups excluding carboxylic acids is 1. The lowest BCUT2D eigenvalue weighted by Crippen LogP contribution is -2.36. The molecule has 22 heavy (non-hydrogen) atoms. The Labute approximate surface area is 136 Å². The summed E-state index contributed by atoms with van der Waals surface area (Å²) >= 11 is 1.54. The molecule has 0 saturated carbocycles. The van der Waals surface area contributed by atoms with Crippen LogP contribution in [0.2, 0.25) is 0 Å². The van der Waals surface area contributed by atoms with Crippen LogP contribution >= 0.6 is 11.3 Å². The number of aromatic nitrogens is 1. The first kappa shape index (κ1) is 16.6. The molecular weight excluding hydrogens is 318 g/mol. The summed E-state index contributed by atoms with van der Waals surface area (Å²) in [6.45, 7) is 2.87. The van der Waals surface area contributed by atoms with Crippen molar-refractivity contribution in [3.63, 3.8) is 0 Å². The van der Waals surface area contributed by atoms with E-state index in [2.05, 4.69) is 10.3 Å². The minimum absolute atomic E-state index is 0.143. The first-order valence-electron chi connectivity index (χ1n) is 6.78. The van der Waals surface area contributed by atoms with Gasteiger partial charge in [-0.1, -0.05) is 12.1 Å². The molecule has 5 nitrogen and oxygen atoms in total. The summed E-state index contributed by atoms with van der Waals surface area (Å²) in [6, 6.07) is 7.30. The lowest BCUT2D eigenvalue weighted by molar-refractivity contribution is 0.206. The number of hydrogen-bond acceptors (Lipinski definition) is 4. The number of amides is 2. The van der Waals surface area contributed by atoms with E-state index in [4.69, 9.17) is 0 Å². The number of benzene rings is 1. The molecule has 0 unspecified atom stereocenters. The zero-order valence-electron chi connectivity index (χ0n) is 12.8. The fourth-order valence-electron chi connectivity index (χ4n) is 1.90. The quantitative estimate of drug-likeness (QED) is 0.912. The van der Waals surface area contributed by atoms with Gasteiger partial charge in [0.15, 0.2) is 0 Å². The average molecular weight is 337 g/mol. The minimum Gasteiger partial charge on any atom is -0.331 e. The van der Waals surface area contributed by atoms with Crippen molar-refractivity contribution in [3.05, 3.63) is 45.9 Å². The van der Waals surface area contributed by atoms with E-state index >= 15 is 0 Å². The fraction of sp³-hybridized carbons (Fsp3) is 0.333. The number of carbonyl (C=O) groups is 1. The van der Waals surface area contributed by atoms with Gasteiger partial charge in [-0.2, -0.15) is 0 Å². The van der Waals surface area contributed by atoms with Crippen molar-refractivity contribution in [2.75, 3.05) is 13.3 Å². The van der Waals surface area contributed by atoms with Crippen molar-refractivity contribution in [2.45, 2.75) is 24.9 Å². The van der Waals surface area contributed by atoms with Gasteiger partial charge in [0, 0.05) is 46.6 Å². The predicted molar refractivity (Wildman–Crippen MR) is 89.3 cm³/mol. The molecule has 0 radical (unpaired) electrons. The van der Waals surface area contributed by atoms with Crippen molar-refractivity contribution in [3.8, 4) is 0 Å². The van der Waals surface area contributed by atoms with Crippen molar-refractivity contribution in [1.29, 1.82) is 0 Å². The van der Waals surface area contributed by atoms with E-state index < -0.39 is 10.8 Å². The lowest BCUT2D eigenvalue weighted by atomic mass is 10.2.